The van der Waals surface area contributed by atoms with E-state index in [2.05, 4.69) is 18.2 Å². The van der Waals surface area contributed by atoms with E-state index >= 15 is 0 Å². The van der Waals surface area contributed by atoms with E-state index in [1.54, 1.807) is 0 Å². The fraction of sp³-hybridized carbons (Fsp3) is 0.700. The van der Waals surface area contributed by atoms with Crippen molar-refractivity contribution in [2.45, 2.75) is 31.8 Å². The zero-order chi connectivity index (χ0) is 9.42. The van der Waals surface area contributed by atoms with Crippen molar-refractivity contribution in [3.63, 3.8) is 0 Å². The van der Waals surface area contributed by atoms with Crippen LogP contribution in [0.25, 0.3) is 0 Å². The molecule has 0 aromatic carbocycles. The minimum atomic E-state index is -0.120. The quantitative estimate of drug-likeness (QED) is 0.707. The van der Waals surface area contributed by atoms with Crippen molar-refractivity contribution < 1.29 is 5.11 Å². The number of aromatic nitrogens is 2. The Balaban J connectivity index is 2.18. The van der Waals surface area contributed by atoms with Crippen LogP contribution in [0.5, 0.6) is 0 Å². The Hall–Kier alpha value is -0.830. The van der Waals surface area contributed by atoms with Gasteiger partial charge in [-0.2, -0.15) is 5.10 Å². The average molecular weight is 180 g/mol. The molecule has 0 bridgehead atoms. The molecule has 3 nitrogen and oxygen atoms in total. The lowest BCUT2D eigenvalue weighted by atomic mass is 9.92. The molecule has 3 unspecified atom stereocenters. The van der Waals surface area contributed by atoms with Crippen LogP contribution < -0.4 is 0 Å². The number of aliphatic hydroxyl groups is 1. The van der Waals surface area contributed by atoms with E-state index in [1.165, 1.54) is 5.56 Å². The maximum atomic E-state index is 9.61. The maximum absolute atomic E-state index is 9.61. The Morgan fingerprint density at radius 3 is 2.77 bits per heavy atom. The lowest BCUT2D eigenvalue weighted by Gasteiger charge is -2.15. The monoisotopic (exact) mass is 180 g/mol. The number of rotatable bonds is 1. The second-order valence-electron chi connectivity index (χ2n) is 4.06. The van der Waals surface area contributed by atoms with E-state index in [4.69, 9.17) is 0 Å². The summed E-state index contributed by atoms with van der Waals surface area (Å²) in [5.41, 5.74) is 1.27. The number of aryl methyl sites for hydroxylation is 1. The first-order valence-corrected chi connectivity index (χ1v) is 4.85. The Bertz CT molecular complexity index is 295. The molecule has 1 aliphatic carbocycles. The molecule has 2 rings (SSSR count). The number of nitrogens with zero attached hydrogens (tertiary/aromatic N) is 2. The zero-order valence-corrected chi connectivity index (χ0v) is 8.14. The second-order valence-corrected chi connectivity index (χ2v) is 4.06. The van der Waals surface area contributed by atoms with Crippen molar-refractivity contribution in [1.82, 2.24) is 9.78 Å². The van der Waals surface area contributed by atoms with Gasteiger partial charge in [0.15, 0.2) is 0 Å². The minimum absolute atomic E-state index is 0.120. The molecule has 1 saturated carbocycles. The largest absolute Gasteiger partial charge is 0.393 e. The summed E-state index contributed by atoms with van der Waals surface area (Å²) in [7, 11) is 1.93. The zero-order valence-electron chi connectivity index (χ0n) is 8.14. The van der Waals surface area contributed by atoms with Gasteiger partial charge in [0.25, 0.3) is 0 Å². The first-order chi connectivity index (χ1) is 6.18. The molecular weight excluding hydrogens is 164 g/mol. The third-order valence-electron chi connectivity index (χ3n) is 3.17. The molecule has 0 saturated heterocycles. The summed E-state index contributed by atoms with van der Waals surface area (Å²) in [6, 6.07) is 0. The fourth-order valence-corrected chi connectivity index (χ4v) is 2.25. The molecule has 1 aromatic rings. The molecule has 3 heteroatoms. The normalized spacial score (nSPS) is 33.9. The van der Waals surface area contributed by atoms with Gasteiger partial charge in [-0.3, -0.25) is 4.68 Å². The summed E-state index contributed by atoms with van der Waals surface area (Å²) in [6.07, 6.45) is 5.87. The Morgan fingerprint density at radius 1 is 1.54 bits per heavy atom. The highest BCUT2D eigenvalue weighted by molar-refractivity contribution is 5.15. The smallest absolute Gasteiger partial charge is 0.0571 e. The van der Waals surface area contributed by atoms with Crippen LogP contribution in [0.2, 0.25) is 0 Å². The topological polar surface area (TPSA) is 38.1 Å². The van der Waals surface area contributed by atoms with Gasteiger partial charge in [-0.1, -0.05) is 6.92 Å². The molecule has 3 atom stereocenters. The van der Waals surface area contributed by atoms with Gasteiger partial charge in [0.1, 0.15) is 0 Å². The van der Waals surface area contributed by atoms with Crippen molar-refractivity contribution >= 4 is 0 Å². The third-order valence-corrected chi connectivity index (χ3v) is 3.17. The number of hydrogen-bond acceptors (Lipinski definition) is 2. The van der Waals surface area contributed by atoms with Gasteiger partial charge in [0.2, 0.25) is 0 Å². The Kier molecular flexibility index (Phi) is 2.12. The van der Waals surface area contributed by atoms with E-state index in [1.807, 2.05) is 17.9 Å². The first kappa shape index (κ1) is 8.75. The van der Waals surface area contributed by atoms with Crippen LogP contribution in [0.1, 0.15) is 31.2 Å². The first-order valence-electron chi connectivity index (χ1n) is 4.85. The molecular formula is C10H16N2O. The summed E-state index contributed by atoms with van der Waals surface area (Å²) < 4.78 is 1.83. The van der Waals surface area contributed by atoms with Crippen LogP contribution >= 0.6 is 0 Å². The standard InChI is InChI=1S/C10H16N2O/c1-7-9(3-4-10(7)13)8-5-11-12(2)6-8/h5-7,9-10,13H,3-4H2,1-2H3. The second kappa shape index (κ2) is 3.14. The predicted molar refractivity (Wildman–Crippen MR) is 50.4 cm³/mol. The molecule has 0 spiro atoms. The Labute approximate surface area is 78.4 Å². The van der Waals surface area contributed by atoms with Crippen LogP contribution in [0, 0.1) is 5.92 Å². The van der Waals surface area contributed by atoms with Crippen molar-refractivity contribution in [3.05, 3.63) is 18.0 Å². The van der Waals surface area contributed by atoms with E-state index in [0.29, 0.717) is 11.8 Å². The van der Waals surface area contributed by atoms with Gasteiger partial charge in [-0.05, 0) is 30.2 Å². The summed E-state index contributed by atoms with van der Waals surface area (Å²) in [4.78, 5) is 0. The van der Waals surface area contributed by atoms with Crippen molar-refractivity contribution in [3.8, 4) is 0 Å². The summed E-state index contributed by atoms with van der Waals surface area (Å²) in [6.45, 7) is 2.12. The Morgan fingerprint density at radius 2 is 2.31 bits per heavy atom. The van der Waals surface area contributed by atoms with Crippen molar-refractivity contribution in [1.29, 1.82) is 0 Å². The molecule has 1 heterocycles. The maximum Gasteiger partial charge on any atom is 0.0571 e. The van der Waals surface area contributed by atoms with Crippen molar-refractivity contribution in [2.75, 3.05) is 0 Å². The van der Waals surface area contributed by atoms with E-state index in [9.17, 15) is 5.11 Å². The molecule has 72 valence electrons. The van der Waals surface area contributed by atoms with Gasteiger partial charge in [-0.15, -0.1) is 0 Å². The van der Waals surface area contributed by atoms with Crippen LogP contribution in [-0.2, 0) is 7.05 Å². The van der Waals surface area contributed by atoms with Gasteiger partial charge < -0.3 is 5.11 Å². The molecule has 1 aliphatic rings. The number of aliphatic hydroxyl groups excluding tert-OH is 1. The van der Waals surface area contributed by atoms with Crippen LogP contribution in [0.3, 0.4) is 0 Å². The van der Waals surface area contributed by atoms with Crippen LogP contribution in [-0.4, -0.2) is 21.0 Å². The minimum Gasteiger partial charge on any atom is -0.393 e. The van der Waals surface area contributed by atoms with Gasteiger partial charge >= 0.3 is 0 Å². The number of hydrogen-bond donors (Lipinski definition) is 1. The predicted octanol–water partition coefficient (Wildman–Crippen LogP) is 1.29. The summed E-state index contributed by atoms with van der Waals surface area (Å²) in [5, 5.41) is 13.8. The van der Waals surface area contributed by atoms with Gasteiger partial charge in [-0.25, -0.2) is 0 Å². The van der Waals surface area contributed by atoms with Gasteiger partial charge in [0.05, 0.1) is 12.3 Å². The summed E-state index contributed by atoms with van der Waals surface area (Å²) in [5.74, 6) is 0.882. The summed E-state index contributed by atoms with van der Waals surface area (Å²) >= 11 is 0. The van der Waals surface area contributed by atoms with Gasteiger partial charge in [0, 0.05) is 13.2 Å². The third kappa shape index (κ3) is 1.48. The molecule has 13 heavy (non-hydrogen) atoms. The van der Waals surface area contributed by atoms with Crippen LogP contribution in [0.4, 0.5) is 0 Å². The highest BCUT2D eigenvalue weighted by Gasteiger charge is 2.32. The lowest BCUT2D eigenvalue weighted by molar-refractivity contribution is 0.136. The highest BCUT2D eigenvalue weighted by atomic mass is 16.3. The molecule has 0 radical (unpaired) electrons. The SMILES string of the molecule is CC1C(O)CCC1c1cnn(C)c1. The molecule has 1 aromatic heterocycles. The highest BCUT2D eigenvalue weighted by Crippen LogP contribution is 2.39. The van der Waals surface area contributed by atoms with Crippen LogP contribution in [0.15, 0.2) is 12.4 Å². The molecule has 1 fully saturated rings. The van der Waals surface area contributed by atoms with E-state index in [0.717, 1.165) is 12.8 Å². The van der Waals surface area contributed by atoms with E-state index < -0.39 is 0 Å². The molecule has 1 N–H and O–H groups in total. The molecule has 0 amide bonds. The average Bonchev–Trinajstić information content (AvgIpc) is 2.62. The fourth-order valence-electron chi connectivity index (χ4n) is 2.25. The molecule has 0 aliphatic heterocycles. The van der Waals surface area contributed by atoms with E-state index in [-0.39, 0.29) is 6.10 Å². The van der Waals surface area contributed by atoms with Crippen molar-refractivity contribution in [2.24, 2.45) is 13.0 Å². The lowest BCUT2D eigenvalue weighted by Crippen LogP contribution is -2.13.